The summed E-state index contributed by atoms with van der Waals surface area (Å²) in [6.45, 7) is 8.80. The molecule has 1 aliphatic heterocycles. The average Bonchev–Trinajstić information content (AvgIpc) is 2.15. The molecule has 3 nitrogen and oxygen atoms in total. The fourth-order valence-electron chi connectivity index (χ4n) is 2.02. The number of halogens is 1. The Morgan fingerprint density at radius 1 is 1.25 bits per heavy atom. The fraction of sp³-hybridized carbons (Fsp3) is 0.667. The van der Waals surface area contributed by atoms with Gasteiger partial charge < -0.3 is 4.90 Å². The van der Waals surface area contributed by atoms with Gasteiger partial charge in [0.15, 0.2) is 0 Å². The number of hydrogen-bond acceptors (Lipinski definition) is 3. The van der Waals surface area contributed by atoms with Crippen LogP contribution in [0.3, 0.4) is 0 Å². The zero-order valence-corrected chi connectivity index (χ0v) is 11.7. The van der Waals surface area contributed by atoms with Gasteiger partial charge in [-0.3, -0.25) is 0 Å². The quantitative estimate of drug-likeness (QED) is 0.742. The van der Waals surface area contributed by atoms with E-state index in [2.05, 4.69) is 44.6 Å². The minimum atomic E-state index is 0.482. The van der Waals surface area contributed by atoms with Crippen molar-refractivity contribution in [1.82, 2.24) is 9.97 Å². The predicted molar refractivity (Wildman–Crippen MR) is 69.7 cm³/mol. The summed E-state index contributed by atoms with van der Waals surface area (Å²) in [5.41, 5.74) is 0.482. The van der Waals surface area contributed by atoms with Crippen LogP contribution in [0.1, 0.15) is 32.5 Å². The van der Waals surface area contributed by atoms with Crippen LogP contribution in [0.2, 0.25) is 0 Å². The molecule has 0 unspecified atom stereocenters. The van der Waals surface area contributed by atoms with E-state index in [1.807, 2.05) is 13.0 Å². The molecule has 1 saturated heterocycles. The zero-order chi connectivity index (χ0) is 11.8. The number of anilines is 1. The molecular weight excluding hydrogens is 266 g/mol. The summed E-state index contributed by atoms with van der Waals surface area (Å²) in [4.78, 5) is 11.1. The number of piperidine rings is 1. The molecule has 1 aliphatic rings. The highest BCUT2D eigenvalue weighted by Crippen LogP contribution is 2.31. The second-order valence-corrected chi connectivity index (χ2v) is 6.06. The van der Waals surface area contributed by atoms with Crippen LogP contribution in [0, 0.1) is 12.3 Å². The third-order valence-corrected chi connectivity index (χ3v) is 3.64. The molecule has 0 N–H and O–H groups in total. The van der Waals surface area contributed by atoms with Crippen molar-refractivity contribution in [2.75, 3.05) is 18.0 Å². The van der Waals surface area contributed by atoms with E-state index in [1.54, 1.807) is 0 Å². The standard InChI is InChI=1S/C12H18BrN3/c1-9-14-10(13)8-11(15-9)16-6-4-12(2,3)5-7-16/h8H,4-7H2,1-3H3. The molecule has 0 spiro atoms. The summed E-state index contributed by atoms with van der Waals surface area (Å²) in [5.74, 6) is 1.88. The normalized spacial score (nSPS) is 19.9. The first-order valence-electron chi connectivity index (χ1n) is 5.72. The molecule has 0 radical (unpaired) electrons. The van der Waals surface area contributed by atoms with Crippen molar-refractivity contribution >= 4 is 21.7 Å². The maximum absolute atomic E-state index is 4.49. The van der Waals surface area contributed by atoms with Gasteiger partial charge in [-0.1, -0.05) is 13.8 Å². The van der Waals surface area contributed by atoms with Crippen LogP contribution in [0.25, 0.3) is 0 Å². The molecule has 88 valence electrons. The molecule has 1 aromatic rings. The van der Waals surface area contributed by atoms with E-state index in [1.165, 1.54) is 12.8 Å². The lowest BCUT2D eigenvalue weighted by atomic mass is 9.83. The predicted octanol–water partition coefficient (Wildman–Crippen LogP) is 3.17. The van der Waals surface area contributed by atoms with E-state index < -0.39 is 0 Å². The second-order valence-electron chi connectivity index (χ2n) is 5.25. The van der Waals surface area contributed by atoms with Gasteiger partial charge in [-0.25, -0.2) is 9.97 Å². The van der Waals surface area contributed by atoms with Crippen LogP contribution in [0.15, 0.2) is 10.7 Å². The van der Waals surface area contributed by atoms with Crippen molar-refractivity contribution < 1.29 is 0 Å². The van der Waals surface area contributed by atoms with Gasteiger partial charge >= 0.3 is 0 Å². The van der Waals surface area contributed by atoms with Gasteiger partial charge in [0.1, 0.15) is 16.2 Å². The largest absolute Gasteiger partial charge is 0.356 e. The Labute approximate surface area is 105 Å². The van der Waals surface area contributed by atoms with Crippen molar-refractivity contribution in [3.8, 4) is 0 Å². The molecule has 0 aromatic carbocycles. The summed E-state index contributed by atoms with van der Waals surface area (Å²) < 4.78 is 0.875. The summed E-state index contributed by atoms with van der Waals surface area (Å²) in [5, 5.41) is 0. The van der Waals surface area contributed by atoms with Gasteiger partial charge in [-0.05, 0) is 41.1 Å². The van der Waals surface area contributed by atoms with Crippen LogP contribution in [-0.2, 0) is 0 Å². The van der Waals surface area contributed by atoms with Gasteiger partial charge in [0.25, 0.3) is 0 Å². The third kappa shape index (κ3) is 2.73. The van der Waals surface area contributed by atoms with Crippen LogP contribution in [0.5, 0.6) is 0 Å². The lowest BCUT2D eigenvalue weighted by molar-refractivity contribution is 0.279. The van der Waals surface area contributed by atoms with E-state index in [-0.39, 0.29) is 0 Å². The van der Waals surface area contributed by atoms with Gasteiger partial charge in [-0.2, -0.15) is 0 Å². The SMILES string of the molecule is Cc1nc(Br)cc(N2CCC(C)(C)CC2)n1. The molecule has 2 rings (SSSR count). The highest BCUT2D eigenvalue weighted by atomic mass is 79.9. The van der Waals surface area contributed by atoms with Crippen molar-refractivity contribution in [3.05, 3.63) is 16.5 Å². The number of hydrogen-bond donors (Lipinski definition) is 0. The summed E-state index contributed by atoms with van der Waals surface area (Å²) in [7, 11) is 0. The highest BCUT2D eigenvalue weighted by Gasteiger charge is 2.26. The van der Waals surface area contributed by atoms with Crippen LogP contribution in [-0.4, -0.2) is 23.1 Å². The van der Waals surface area contributed by atoms with E-state index >= 15 is 0 Å². The Kier molecular flexibility index (Phi) is 3.19. The van der Waals surface area contributed by atoms with Crippen molar-refractivity contribution in [3.63, 3.8) is 0 Å². The molecule has 2 heterocycles. The Morgan fingerprint density at radius 3 is 2.44 bits per heavy atom. The minimum absolute atomic E-state index is 0.482. The Hall–Kier alpha value is -0.640. The summed E-state index contributed by atoms with van der Waals surface area (Å²) >= 11 is 3.42. The Morgan fingerprint density at radius 2 is 1.88 bits per heavy atom. The Balaban J connectivity index is 2.14. The van der Waals surface area contributed by atoms with E-state index in [0.717, 1.165) is 29.3 Å². The van der Waals surface area contributed by atoms with Gasteiger partial charge in [0.05, 0.1) is 0 Å². The number of aromatic nitrogens is 2. The first-order chi connectivity index (χ1) is 7.46. The first-order valence-corrected chi connectivity index (χ1v) is 6.52. The summed E-state index contributed by atoms with van der Waals surface area (Å²) in [6, 6.07) is 2.01. The molecule has 0 atom stereocenters. The van der Waals surface area contributed by atoms with Gasteiger partial charge in [0, 0.05) is 19.2 Å². The van der Waals surface area contributed by atoms with Crippen molar-refractivity contribution in [2.45, 2.75) is 33.6 Å². The fourth-order valence-corrected chi connectivity index (χ4v) is 2.48. The van der Waals surface area contributed by atoms with Crippen molar-refractivity contribution in [2.24, 2.45) is 5.41 Å². The van der Waals surface area contributed by atoms with Gasteiger partial charge in [0.2, 0.25) is 0 Å². The molecule has 16 heavy (non-hydrogen) atoms. The molecule has 0 amide bonds. The minimum Gasteiger partial charge on any atom is -0.356 e. The molecular formula is C12H18BrN3. The number of rotatable bonds is 1. The highest BCUT2D eigenvalue weighted by molar-refractivity contribution is 9.10. The average molecular weight is 284 g/mol. The lowest BCUT2D eigenvalue weighted by Crippen LogP contribution is -2.37. The maximum atomic E-state index is 4.49. The van der Waals surface area contributed by atoms with Crippen LogP contribution in [0.4, 0.5) is 5.82 Å². The molecule has 0 saturated carbocycles. The second kappa shape index (κ2) is 4.32. The molecule has 1 aromatic heterocycles. The monoisotopic (exact) mass is 283 g/mol. The number of aryl methyl sites for hydroxylation is 1. The van der Waals surface area contributed by atoms with Crippen LogP contribution < -0.4 is 4.90 Å². The summed E-state index contributed by atoms with van der Waals surface area (Å²) in [6.07, 6.45) is 2.46. The smallest absolute Gasteiger partial charge is 0.133 e. The lowest BCUT2D eigenvalue weighted by Gasteiger charge is -2.37. The van der Waals surface area contributed by atoms with E-state index in [4.69, 9.17) is 0 Å². The molecule has 0 bridgehead atoms. The van der Waals surface area contributed by atoms with Crippen molar-refractivity contribution in [1.29, 1.82) is 0 Å². The number of nitrogens with zero attached hydrogens (tertiary/aromatic N) is 3. The Bertz CT molecular complexity index is 360. The van der Waals surface area contributed by atoms with E-state index in [0.29, 0.717) is 5.41 Å². The zero-order valence-electron chi connectivity index (χ0n) is 10.1. The first kappa shape index (κ1) is 11.8. The van der Waals surface area contributed by atoms with Crippen LogP contribution >= 0.6 is 15.9 Å². The topological polar surface area (TPSA) is 29.0 Å². The molecule has 4 heteroatoms. The van der Waals surface area contributed by atoms with Gasteiger partial charge in [-0.15, -0.1) is 0 Å². The van der Waals surface area contributed by atoms with E-state index in [9.17, 15) is 0 Å². The maximum Gasteiger partial charge on any atom is 0.133 e. The molecule has 1 fully saturated rings. The third-order valence-electron chi connectivity index (χ3n) is 3.23. The molecule has 0 aliphatic carbocycles.